The maximum absolute atomic E-state index is 12.9. The summed E-state index contributed by atoms with van der Waals surface area (Å²) in [5, 5.41) is 11.4. The van der Waals surface area contributed by atoms with Crippen LogP contribution in [0.3, 0.4) is 0 Å². The Labute approximate surface area is 121 Å². The largest absolute Gasteiger partial charge is 0.385 e. The van der Waals surface area contributed by atoms with E-state index >= 15 is 0 Å². The minimum Gasteiger partial charge on any atom is -0.385 e. The molecule has 0 bridgehead atoms. The molecule has 0 aliphatic rings. The lowest BCUT2D eigenvalue weighted by Crippen LogP contribution is -2.24. The Morgan fingerprint density at radius 1 is 1.05 bits per heavy atom. The van der Waals surface area contributed by atoms with E-state index in [1.807, 2.05) is 6.07 Å². The van der Waals surface area contributed by atoms with Crippen molar-refractivity contribution < 1.29 is 9.50 Å². The molecule has 2 rings (SSSR count). The third-order valence-electron chi connectivity index (χ3n) is 3.00. The predicted molar refractivity (Wildman–Crippen MR) is 76.1 cm³/mol. The Balaban J connectivity index is 2.25. The molecule has 0 aliphatic heterocycles. The average Bonchev–Trinajstić information content (AvgIpc) is 2.34. The fourth-order valence-corrected chi connectivity index (χ4v) is 2.28. The van der Waals surface area contributed by atoms with Crippen LogP contribution in [0.25, 0.3) is 0 Å². The Bertz CT molecular complexity index is 579. The van der Waals surface area contributed by atoms with Gasteiger partial charge in [-0.25, -0.2) is 4.39 Å². The molecule has 0 saturated carbocycles. The standard InChI is InChI=1S/C15H13Cl2FO/c1-15(19,11-3-5-12(18)6-4-11)9-10-2-7-13(16)14(17)8-10/h2-8,19H,9H2,1H3. The highest BCUT2D eigenvalue weighted by Gasteiger charge is 2.23. The summed E-state index contributed by atoms with van der Waals surface area (Å²) in [6.07, 6.45) is 0.371. The van der Waals surface area contributed by atoms with Crippen molar-refractivity contribution in [2.45, 2.75) is 18.9 Å². The van der Waals surface area contributed by atoms with Crippen LogP contribution in [0.1, 0.15) is 18.1 Å². The van der Waals surface area contributed by atoms with Crippen molar-refractivity contribution in [2.75, 3.05) is 0 Å². The van der Waals surface area contributed by atoms with Crippen LogP contribution in [0.4, 0.5) is 4.39 Å². The van der Waals surface area contributed by atoms with Crippen LogP contribution in [0.15, 0.2) is 42.5 Å². The first kappa shape index (κ1) is 14.3. The van der Waals surface area contributed by atoms with Crippen LogP contribution in [0.2, 0.25) is 10.0 Å². The van der Waals surface area contributed by atoms with E-state index in [-0.39, 0.29) is 5.82 Å². The molecule has 1 atom stereocenters. The van der Waals surface area contributed by atoms with Crippen LogP contribution in [0.5, 0.6) is 0 Å². The topological polar surface area (TPSA) is 20.2 Å². The molecule has 0 amide bonds. The minimum atomic E-state index is -1.09. The molecule has 0 fully saturated rings. The van der Waals surface area contributed by atoms with E-state index in [1.54, 1.807) is 31.2 Å². The van der Waals surface area contributed by atoms with Crippen molar-refractivity contribution in [3.63, 3.8) is 0 Å². The molecule has 4 heteroatoms. The fourth-order valence-electron chi connectivity index (χ4n) is 1.96. The van der Waals surface area contributed by atoms with Crippen molar-refractivity contribution in [2.24, 2.45) is 0 Å². The normalized spacial score (nSPS) is 14.2. The molecule has 19 heavy (non-hydrogen) atoms. The maximum atomic E-state index is 12.9. The molecule has 0 spiro atoms. The van der Waals surface area contributed by atoms with Crippen LogP contribution in [-0.2, 0) is 12.0 Å². The highest BCUT2D eigenvalue weighted by molar-refractivity contribution is 6.42. The number of hydrogen-bond acceptors (Lipinski definition) is 1. The Hall–Kier alpha value is -1.09. The first-order chi connectivity index (χ1) is 8.88. The molecule has 100 valence electrons. The van der Waals surface area contributed by atoms with Gasteiger partial charge in [0.1, 0.15) is 5.82 Å². The third kappa shape index (κ3) is 3.47. The Morgan fingerprint density at radius 3 is 2.26 bits per heavy atom. The van der Waals surface area contributed by atoms with E-state index < -0.39 is 5.60 Å². The Kier molecular flexibility index (Phi) is 4.14. The molecule has 0 saturated heterocycles. The maximum Gasteiger partial charge on any atom is 0.123 e. The van der Waals surface area contributed by atoms with Crippen molar-refractivity contribution in [3.8, 4) is 0 Å². The minimum absolute atomic E-state index is 0.325. The van der Waals surface area contributed by atoms with Crippen molar-refractivity contribution >= 4 is 23.2 Å². The van der Waals surface area contributed by atoms with E-state index in [1.165, 1.54) is 12.1 Å². The summed E-state index contributed by atoms with van der Waals surface area (Å²) in [6, 6.07) is 11.0. The van der Waals surface area contributed by atoms with Gasteiger partial charge in [-0.1, -0.05) is 41.4 Å². The Morgan fingerprint density at radius 2 is 1.68 bits per heavy atom. The second-order valence-corrected chi connectivity index (χ2v) is 5.52. The predicted octanol–water partition coefficient (Wildman–Crippen LogP) is 4.58. The molecular formula is C15H13Cl2FO. The zero-order valence-corrected chi connectivity index (χ0v) is 11.8. The van der Waals surface area contributed by atoms with Gasteiger partial charge in [-0.05, 0) is 42.3 Å². The van der Waals surface area contributed by atoms with Crippen LogP contribution in [0, 0.1) is 5.82 Å². The molecule has 0 aromatic heterocycles. The first-order valence-corrected chi connectivity index (χ1v) is 6.56. The summed E-state index contributed by atoms with van der Waals surface area (Å²) in [5.74, 6) is -0.325. The monoisotopic (exact) mass is 298 g/mol. The highest BCUT2D eigenvalue weighted by Crippen LogP contribution is 2.29. The van der Waals surface area contributed by atoms with Crippen molar-refractivity contribution in [1.82, 2.24) is 0 Å². The van der Waals surface area contributed by atoms with Gasteiger partial charge in [0.15, 0.2) is 0 Å². The van der Waals surface area contributed by atoms with Gasteiger partial charge in [0, 0.05) is 6.42 Å². The summed E-state index contributed by atoms with van der Waals surface area (Å²) in [7, 11) is 0. The number of rotatable bonds is 3. The highest BCUT2D eigenvalue weighted by atomic mass is 35.5. The van der Waals surface area contributed by atoms with E-state index in [2.05, 4.69) is 0 Å². The summed E-state index contributed by atoms with van der Waals surface area (Å²) in [6.45, 7) is 1.68. The van der Waals surface area contributed by atoms with Gasteiger partial charge in [-0.15, -0.1) is 0 Å². The summed E-state index contributed by atoms with van der Waals surface area (Å²) in [5.41, 5.74) is 0.425. The lowest BCUT2D eigenvalue weighted by molar-refractivity contribution is 0.0576. The van der Waals surface area contributed by atoms with Crippen molar-refractivity contribution in [1.29, 1.82) is 0 Å². The van der Waals surface area contributed by atoms with Gasteiger partial charge in [0.25, 0.3) is 0 Å². The molecule has 0 heterocycles. The van der Waals surface area contributed by atoms with Crippen LogP contribution < -0.4 is 0 Å². The second-order valence-electron chi connectivity index (χ2n) is 4.71. The fraction of sp³-hybridized carbons (Fsp3) is 0.200. The quantitative estimate of drug-likeness (QED) is 0.879. The van der Waals surface area contributed by atoms with E-state index in [4.69, 9.17) is 23.2 Å². The smallest absolute Gasteiger partial charge is 0.123 e. The lowest BCUT2D eigenvalue weighted by atomic mass is 9.89. The summed E-state index contributed by atoms with van der Waals surface area (Å²) in [4.78, 5) is 0. The number of aliphatic hydroxyl groups is 1. The molecule has 1 unspecified atom stereocenters. The van der Waals surface area contributed by atoms with E-state index in [0.717, 1.165) is 5.56 Å². The van der Waals surface area contributed by atoms with Crippen molar-refractivity contribution in [3.05, 3.63) is 69.5 Å². The van der Waals surface area contributed by atoms with Gasteiger partial charge >= 0.3 is 0 Å². The SMILES string of the molecule is CC(O)(Cc1ccc(Cl)c(Cl)c1)c1ccc(F)cc1. The van der Waals surface area contributed by atoms with Gasteiger partial charge in [0.05, 0.1) is 15.6 Å². The van der Waals surface area contributed by atoms with Gasteiger partial charge in [-0.2, -0.15) is 0 Å². The molecule has 1 N–H and O–H groups in total. The van der Waals surface area contributed by atoms with Gasteiger partial charge in [0.2, 0.25) is 0 Å². The van der Waals surface area contributed by atoms with Gasteiger partial charge in [-0.3, -0.25) is 0 Å². The van der Waals surface area contributed by atoms with Gasteiger partial charge < -0.3 is 5.11 Å². The van der Waals surface area contributed by atoms with E-state index in [0.29, 0.717) is 22.0 Å². The molecule has 1 nitrogen and oxygen atoms in total. The summed E-state index contributed by atoms with van der Waals surface area (Å²) < 4.78 is 12.9. The molecule has 2 aromatic rings. The molecule has 0 aliphatic carbocycles. The van der Waals surface area contributed by atoms with Crippen LogP contribution in [-0.4, -0.2) is 5.11 Å². The number of benzene rings is 2. The number of halogens is 3. The zero-order chi connectivity index (χ0) is 14.0. The lowest BCUT2D eigenvalue weighted by Gasteiger charge is -2.24. The second kappa shape index (κ2) is 5.49. The zero-order valence-electron chi connectivity index (χ0n) is 10.3. The molecule has 0 radical (unpaired) electrons. The first-order valence-electron chi connectivity index (χ1n) is 5.81. The molecule has 2 aromatic carbocycles. The van der Waals surface area contributed by atoms with E-state index in [9.17, 15) is 9.50 Å². The third-order valence-corrected chi connectivity index (χ3v) is 3.74. The summed E-state index contributed by atoms with van der Waals surface area (Å²) >= 11 is 11.8. The number of hydrogen-bond donors (Lipinski definition) is 1. The molecular weight excluding hydrogens is 286 g/mol. The van der Waals surface area contributed by atoms with Crippen LogP contribution >= 0.6 is 23.2 Å². The average molecular weight is 299 g/mol.